The van der Waals surface area contributed by atoms with Crippen molar-refractivity contribution >= 4 is 23.4 Å². The highest BCUT2D eigenvalue weighted by Gasteiger charge is 2.32. The number of hydrogen-bond acceptors (Lipinski definition) is 4. The summed E-state index contributed by atoms with van der Waals surface area (Å²) >= 11 is 6.24. The fraction of sp³-hybridized carbons (Fsp3) is 0.333. The molecule has 194 valence electrons. The second kappa shape index (κ2) is 13.2. The lowest BCUT2D eigenvalue weighted by Gasteiger charge is -2.32. The number of methoxy groups -OCH3 is 1. The van der Waals surface area contributed by atoms with Crippen LogP contribution in [0.15, 0.2) is 78.9 Å². The van der Waals surface area contributed by atoms with Gasteiger partial charge in [-0.25, -0.2) is 0 Å². The Morgan fingerprint density at radius 3 is 2.41 bits per heavy atom. The van der Waals surface area contributed by atoms with Gasteiger partial charge in [-0.05, 0) is 48.2 Å². The van der Waals surface area contributed by atoms with Crippen LogP contribution in [0.4, 0.5) is 0 Å². The van der Waals surface area contributed by atoms with Crippen molar-refractivity contribution in [1.29, 1.82) is 0 Å². The monoisotopic (exact) mass is 520 g/mol. The van der Waals surface area contributed by atoms with E-state index in [0.717, 1.165) is 36.8 Å². The van der Waals surface area contributed by atoms with E-state index in [2.05, 4.69) is 5.32 Å². The number of nitrogens with zero attached hydrogens (tertiary/aromatic N) is 1. The molecule has 3 aromatic rings. The van der Waals surface area contributed by atoms with Crippen molar-refractivity contribution in [3.63, 3.8) is 0 Å². The van der Waals surface area contributed by atoms with Crippen LogP contribution >= 0.6 is 11.6 Å². The molecule has 7 heteroatoms. The minimum Gasteiger partial charge on any atom is -0.497 e. The van der Waals surface area contributed by atoms with Crippen molar-refractivity contribution in [2.24, 2.45) is 0 Å². The van der Waals surface area contributed by atoms with Gasteiger partial charge in [0.25, 0.3) is 5.91 Å². The molecule has 0 heterocycles. The zero-order valence-electron chi connectivity index (χ0n) is 21.1. The molecule has 1 atom stereocenters. The Morgan fingerprint density at radius 1 is 0.973 bits per heavy atom. The molecule has 1 aliphatic rings. The molecule has 1 saturated carbocycles. The van der Waals surface area contributed by atoms with Crippen LogP contribution in [-0.4, -0.2) is 42.5 Å². The van der Waals surface area contributed by atoms with Crippen LogP contribution in [-0.2, 0) is 22.6 Å². The van der Waals surface area contributed by atoms with Crippen molar-refractivity contribution in [3.05, 3.63) is 95.0 Å². The van der Waals surface area contributed by atoms with E-state index in [4.69, 9.17) is 21.1 Å². The highest BCUT2D eigenvalue weighted by molar-refractivity contribution is 6.32. The number of hydrogen-bond donors (Lipinski definition) is 1. The maximum absolute atomic E-state index is 13.7. The predicted octanol–water partition coefficient (Wildman–Crippen LogP) is 5.43. The number of carbonyl (C=O) groups is 2. The van der Waals surface area contributed by atoms with E-state index in [1.807, 2.05) is 54.6 Å². The lowest BCUT2D eigenvalue weighted by molar-refractivity contribution is -0.143. The van der Waals surface area contributed by atoms with Crippen molar-refractivity contribution < 1.29 is 19.1 Å². The van der Waals surface area contributed by atoms with Gasteiger partial charge in [0.2, 0.25) is 5.91 Å². The molecule has 1 N–H and O–H groups in total. The minimum atomic E-state index is -0.712. The van der Waals surface area contributed by atoms with Gasteiger partial charge in [0.05, 0.1) is 12.1 Å². The topological polar surface area (TPSA) is 67.9 Å². The van der Waals surface area contributed by atoms with Gasteiger partial charge in [0.15, 0.2) is 6.61 Å². The summed E-state index contributed by atoms with van der Waals surface area (Å²) in [6, 6.07) is 23.8. The van der Waals surface area contributed by atoms with Gasteiger partial charge in [-0.1, -0.05) is 79.0 Å². The minimum absolute atomic E-state index is 0.138. The van der Waals surface area contributed by atoms with Gasteiger partial charge >= 0.3 is 0 Å². The normalized spacial score (nSPS) is 14.1. The van der Waals surface area contributed by atoms with Gasteiger partial charge in [-0.3, -0.25) is 9.59 Å². The third kappa shape index (κ3) is 7.49. The highest BCUT2D eigenvalue weighted by Crippen LogP contribution is 2.24. The molecular weight excluding hydrogens is 488 g/mol. The third-order valence-corrected chi connectivity index (χ3v) is 6.96. The van der Waals surface area contributed by atoms with Crippen molar-refractivity contribution in [1.82, 2.24) is 10.2 Å². The van der Waals surface area contributed by atoms with Crippen molar-refractivity contribution in [3.8, 4) is 11.5 Å². The zero-order valence-corrected chi connectivity index (χ0v) is 21.8. The maximum atomic E-state index is 13.7. The molecule has 2 amide bonds. The highest BCUT2D eigenvalue weighted by atomic mass is 35.5. The van der Waals surface area contributed by atoms with Gasteiger partial charge in [0.1, 0.15) is 17.5 Å². The first-order valence-electron chi connectivity index (χ1n) is 12.7. The van der Waals surface area contributed by atoms with Crippen LogP contribution in [0, 0.1) is 0 Å². The first kappa shape index (κ1) is 26.6. The predicted molar refractivity (Wildman–Crippen MR) is 145 cm³/mol. The van der Waals surface area contributed by atoms with Crippen molar-refractivity contribution in [2.45, 2.75) is 50.7 Å². The van der Waals surface area contributed by atoms with Crippen LogP contribution in [0.2, 0.25) is 5.02 Å². The molecule has 0 aliphatic heterocycles. The summed E-state index contributed by atoms with van der Waals surface area (Å²) in [4.78, 5) is 29.0. The van der Waals surface area contributed by atoms with E-state index in [1.165, 1.54) is 0 Å². The average molecular weight is 521 g/mol. The van der Waals surface area contributed by atoms with Crippen molar-refractivity contribution in [2.75, 3.05) is 13.7 Å². The largest absolute Gasteiger partial charge is 0.497 e. The number of carbonyl (C=O) groups excluding carboxylic acids is 2. The van der Waals surface area contributed by atoms with Crippen LogP contribution in [0.5, 0.6) is 11.5 Å². The lowest BCUT2D eigenvalue weighted by atomic mass is 10.0. The van der Waals surface area contributed by atoms with E-state index in [0.29, 0.717) is 22.9 Å². The molecule has 0 spiro atoms. The molecule has 3 aromatic carbocycles. The molecule has 0 aromatic heterocycles. The Hall–Kier alpha value is -3.51. The van der Waals surface area contributed by atoms with Gasteiger partial charge in [-0.15, -0.1) is 0 Å². The summed E-state index contributed by atoms with van der Waals surface area (Å²) in [5, 5.41) is 3.63. The summed E-state index contributed by atoms with van der Waals surface area (Å²) in [7, 11) is 1.60. The Morgan fingerprint density at radius 2 is 1.68 bits per heavy atom. The number of rotatable bonds is 11. The zero-order chi connectivity index (χ0) is 26.0. The molecule has 6 nitrogen and oxygen atoms in total. The quantitative estimate of drug-likeness (QED) is 0.366. The summed E-state index contributed by atoms with van der Waals surface area (Å²) in [5.74, 6) is 0.663. The first-order chi connectivity index (χ1) is 18.0. The fourth-order valence-corrected chi connectivity index (χ4v) is 4.86. The molecule has 1 unspecified atom stereocenters. The van der Waals surface area contributed by atoms with Crippen LogP contribution in [0.1, 0.15) is 36.8 Å². The third-order valence-electron chi connectivity index (χ3n) is 6.65. The van der Waals surface area contributed by atoms with E-state index < -0.39 is 6.04 Å². The molecular formula is C30H33ClN2O4. The summed E-state index contributed by atoms with van der Waals surface area (Å²) in [5.41, 5.74) is 1.83. The summed E-state index contributed by atoms with van der Waals surface area (Å²) in [6.45, 7) is -0.00674. The molecule has 0 bridgehead atoms. The lowest BCUT2D eigenvalue weighted by Crippen LogP contribution is -2.53. The number of amides is 2. The summed E-state index contributed by atoms with van der Waals surface area (Å²) < 4.78 is 11.2. The second-order valence-electron chi connectivity index (χ2n) is 9.29. The average Bonchev–Trinajstić information content (AvgIpc) is 3.43. The molecule has 1 aliphatic carbocycles. The number of halogens is 1. The number of para-hydroxylation sites is 1. The smallest absolute Gasteiger partial charge is 0.261 e. The first-order valence-corrected chi connectivity index (χ1v) is 13.1. The fourth-order valence-electron chi connectivity index (χ4n) is 4.67. The van der Waals surface area contributed by atoms with E-state index >= 15 is 0 Å². The van der Waals surface area contributed by atoms with Gasteiger partial charge in [0, 0.05) is 19.0 Å². The van der Waals surface area contributed by atoms with Gasteiger partial charge < -0.3 is 19.7 Å². The maximum Gasteiger partial charge on any atom is 0.261 e. The van der Waals surface area contributed by atoms with E-state index in [1.54, 1.807) is 36.3 Å². The van der Waals surface area contributed by atoms with E-state index in [9.17, 15) is 9.59 Å². The number of benzene rings is 3. The molecule has 4 rings (SSSR count). The molecule has 37 heavy (non-hydrogen) atoms. The SMILES string of the molecule is COc1cccc(CN(C(=O)COc2ccccc2Cl)C(Cc2ccccc2)C(=O)NC2CCCC2)c1. The number of nitrogens with one attached hydrogen (secondary N) is 1. The molecule has 0 saturated heterocycles. The van der Waals surface area contributed by atoms with Crippen LogP contribution in [0.25, 0.3) is 0 Å². The second-order valence-corrected chi connectivity index (χ2v) is 9.69. The Bertz CT molecular complexity index is 1180. The van der Waals surface area contributed by atoms with Gasteiger partial charge in [-0.2, -0.15) is 0 Å². The van der Waals surface area contributed by atoms with Crippen LogP contribution < -0.4 is 14.8 Å². The van der Waals surface area contributed by atoms with E-state index in [-0.39, 0.29) is 31.0 Å². The Labute approximate surface area is 223 Å². The number of ether oxygens (including phenoxy) is 2. The molecule has 1 fully saturated rings. The molecule has 0 radical (unpaired) electrons. The summed E-state index contributed by atoms with van der Waals surface area (Å²) in [6.07, 6.45) is 4.52. The standard InChI is InChI=1S/C30H33ClN2O4/c1-36-25-15-9-12-23(18-25)20-33(29(34)21-37-28-17-8-7-16-26(28)31)27(19-22-10-3-2-4-11-22)30(35)32-24-13-5-6-14-24/h2-4,7-12,15-18,24,27H,5-6,13-14,19-21H2,1H3,(H,32,35). The Kier molecular flexibility index (Phi) is 9.44. The Balaban J connectivity index is 1.63. The van der Waals surface area contributed by atoms with Crippen LogP contribution in [0.3, 0.4) is 0 Å².